The molecule has 0 aliphatic heterocycles. The summed E-state index contributed by atoms with van der Waals surface area (Å²) in [6.07, 6.45) is 7.07. The molecule has 7 nitrogen and oxygen atoms in total. The molecule has 0 bridgehead atoms. The van der Waals surface area contributed by atoms with Crippen molar-refractivity contribution in [3.05, 3.63) is 128 Å². The predicted octanol–water partition coefficient (Wildman–Crippen LogP) is 7.04. The van der Waals surface area contributed by atoms with Gasteiger partial charge in [0.05, 0.1) is 51.1 Å². The summed E-state index contributed by atoms with van der Waals surface area (Å²) in [6, 6.07) is 34.8. The van der Waals surface area contributed by atoms with Gasteiger partial charge in [0.25, 0.3) is 0 Å². The highest BCUT2D eigenvalue weighted by Gasteiger charge is 2.23. The zero-order valence-electron chi connectivity index (χ0n) is 21.3. The van der Waals surface area contributed by atoms with E-state index in [-0.39, 0.29) is 0 Å². The van der Waals surface area contributed by atoms with Gasteiger partial charge in [-0.15, -0.1) is 0 Å². The first-order valence-electron chi connectivity index (χ1n) is 13.0. The third-order valence-corrected chi connectivity index (χ3v) is 7.17. The Kier molecular flexibility index (Phi) is 4.99. The van der Waals surface area contributed by atoms with Gasteiger partial charge in [-0.05, 0) is 54.6 Å². The normalized spacial score (nSPS) is 11.5. The van der Waals surface area contributed by atoms with Crippen molar-refractivity contribution >= 4 is 33.0 Å². The van der Waals surface area contributed by atoms with Crippen molar-refractivity contribution in [2.75, 3.05) is 0 Å². The molecule has 40 heavy (non-hydrogen) atoms. The van der Waals surface area contributed by atoms with Crippen LogP contribution in [0.5, 0.6) is 0 Å². The second kappa shape index (κ2) is 8.96. The molecule has 0 saturated carbocycles. The van der Waals surface area contributed by atoms with Crippen LogP contribution in [0, 0.1) is 0 Å². The van der Waals surface area contributed by atoms with Crippen LogP contribution in [-0.4, -0.2) is 34.1 Å². The maximum Gasteiger partial charge on any atom is 0.133 e. The molecule has 0 radical (unpaired) electrons. The summed E-state index contributed by atoms with van der Waals surface area (Å²) < 4.78 is 4.53. The summed E-state index contributed by atoms with van der Waals surface area (Å²) in [5, 5.41) is 2.21. The van der Waals surface area contributed by atoms with Crippen molar-refractivity contribution in [1.82, 2.24) is 34.1 Å². The SMILES string of the molecule is c1ccc(-n2c3ccccc3c3c4ncncc4n(-c4cc(-c5ccccn5)nc(-c5ccccn5)c4)c32)cc1. The molecule has 188 valence electrons. The number of hydrogen-bond acceptors (Lipinski definition) is 5. The minimum atomic E-state index is 0.757. The Morgan fingerprint density at radius 2 is 1.18 bits per heavy atom. The molecule has 0 N–H and O–H groups in total. The first-order chi connectivity index (χ1) is 19.9. The van der Waals surface area contributed by atoms with Crippen LogP contribution in [0.15, 0.2) is 128 Å². The van der Waals surface area contributed by atoms with E-state index in [9.17, 15) is 0 Å². The van der Waals surface area contributed by atoms with Gasteiger partial charge >= 0.3 is 0 Å². The lowest BCUT2D eigenvalue weighted by Crippen LogP contribution is -2.03. The van der Waals surface area contributed by atoms with E-state index in [1.807, 2.05) is 48.7 Å². The van der Waals surface area contributed by atoms with Crippen LogP contribution in [-0.2, 0) is 0 Å². The quantitative estimate of drug-likeness (QED) is 0.251. The number of benzene rings is 2. The number of pyridine rings is 3. The standard InChI is InChI=1S/C33H21N7/c1-2-10-22(11-3-1)39-29-15-5-4-12-24(29)31-32-30(20-34-21-37-32)40(33(31)39)23-18-27(25-13-6-8-16-35-25)38-28(19-23)26-14-7-9-17-36-26/h1-21H. The average molecular weight is 516 g/mol. The van der Waals surface area contributed by atoms with Gasteiger partial charge in [0.2, 0.25) is 0 Å². The van der Waals surface area contributed by atoms with Crippen molar-refractivity contribution < 1.29 is 0 Å². The van der Waals surface area contributed by atoms with Gasteiger partial charge in [0, 0.05) is 23.5 Å². The van der Waals surface area contributed by atoms with E-state index in [2.05, 4.69) is 84.7 Å². The number of nitrogens with zero attached hydrogens (tertiary/aromatic N) is 7. The Morgan fingerprint density at radius 3 is 1.88 bits per heavy atom. The lowest BCUT2D eigenvalue weighted by atomic mass is 10.1. The van der Waals surface area contributed by atoms with Crippen LogP contribution in [0.2, 0.25) is 0 Å². The highest BCUT2D eigenvalue weighted by Crippen LogP contribution is 2.40. The second-order valence-electron chi connectivity index (χ2n) is 9.50. The molecule has 8 aromatic rings. The predicted molar refractivity (Wildman–Crippen MR) is 157 cm³/mol. The van der Waals surface area contributed by atoms with Gasteiger partial charge in [0.15, 0.2) is 0 Å². The van der Waals surface area contributed by atoms with Crippen LogP contribution in [0.3, 0.4) is 0 Å². The molecule has 6 aromatic heterocycles. The molecule has 2 aromatic carbocycles. The summed E-state index contributed by atoms with van der Waals surface area (Å²) in [4.78, 5) is 23.4. The van der Waals surface area contributed by atoms with E-state index in [1.165, 1.54) is 0 Å². The average Bonchev–Trinajstić information content (AvgIpc) is 3.55. The number of fused-ring (bicyclic) bond motifs is 5. The molecule has 7 heteroatoms. The summed E-state index contributed by atoms with van der Waals surface area (Å²) in [5.41, 5.74) is 8.99. The van der Waals surface area contributed by atoms with Gasteiger partial charge in [-0.1, -0.05) is 48.5 Å². The summed E-state index contributed by atoms with van der Waals surface area (Å²) in [5.74, 6) is 0. The van der Waals surface area contributed by atoms with E-state index in [4.69, 9.17) is 9.97 Å². The maximum atomic E-state index is 4.99. The van der Waals surface area contributed by atoms with E-state index in [0.717, 1.165) is 67.1 Å². The van der Waals surface area contributed by atoms with Crippen molar-refractivity contribution in [2.24, 2.45) is 0 Å². The molecular weight excluding hydrogens is 494 g/mol. The van der Waals surface area contributed by atoms with Crippen molar-refractivity contribution in [1.29, 1.82) is 0 Å². The molecule has 8 rings (SSSR count). The molecule has 6 heterocycles. The topological polar surface area (TPSA) is 74.3 Å². The van der Waals surface area contributed by atoms with Crippen LogP contribution < -0.4 is 0 Å². The van der Waals surface area contributed by atoms with Gasteiger partial charge in [-0.3, -0.25) is 19.1 Å². The Morgan fingerprint density at radius 1 is 0.525 bits per heavy atom. The van der Waals surface area contributed by atoms with Crippen LogP contribution >= 0.6 is 0 Å². The Balaban J connectivity index is 1.54. The van der Waals surface area contributed by atoms with Gasteiger partial charge in [0.1, 0.15) is 17.5 Å². The zero-order valence-corrected chi connectivity index (χ0v) is 21.3. The fourth-order valence-corrected chi connectivity index (χ4v) is 5.50. The Labute approximate surface area is 229 Å². The van der Waals surface area contributed by atoms with E-state index in [1.54, 1.807) is 18.7 Å². The van der Waals surface area contributed by atoms with Crippen molar-refractivity contribution in [3.8, 4) is 34.2 Å². The molecule has 0 amide bonds. The van der Waals surface area contributed by atoms with Crippen LogP contribution in [0.1, 0.15) is 0 Å². The molecule has 0 aliphatic carbocycles. The largest absolute Gasteiger partial charge is 0.295 e. The Hall–Kier alpha value is -5.69. The number of hydrogen-bond donors (Lipinski definition) is 0. The molecule has 0 atom stereocenters. The van der Waals surface area contributed by atoms with Crippen LogP contribution in [0.4, 0.5) is 0 Å². The molecule has 0 unspecified atom stereocenters. The summed E-state index contributed by atoms with van der Waals surface area (Å²) in [7, 11) is 0. The molecule has 0 fully saturated rings. The summed E-state index contributed by atoms with van der Waals surface area (Å²) in [6.45, 7) is 0. The van der Waals surface area contributed by atoms with Crippen molar-refractivity contribution in [2.45, 2.75) is 0 Å². The molecule has 0 spiro atoms. The highest BCUT2D eigenvalue weighted by atomic mass is 15.2. The minimum absolute atomic E-state index is 0.757. The maximum absolute atomic E-state index is 4.99. The fourth-order valence-electron chi connectivity index (χ4n) is 5.50. The van der Waals surface area contributed by atoms with E-state index < -0.39 is 0 Å². The number of rotatable bonds is 4. The van der Waals surface area contributed by atoms with Gasteiger partial charge < -0.3 is 0 Å². The minimum Gasteiger partial charge on any atom is -0.295 e. The van der Waals surface area contributed by atoms with Crippen molar-refractivity contribution in [3.63, 3.8) is 0 Å². The summed E-state index contributed by atoms with van der Waals surface area (Å²) >= 11 is 0. The second-order valence-corrected chi connectivity index (χ2v) is 9.50. The monoisotopic (exact) mass is 515 g/mol. The molecule has 0 saturated heterocycles. The first kappa shape index (κ1) is 22.3. The number of para-hydroxylation sites is 2. The first-order valence-corrected chi connectivity index (χ1v) is 13.0. The lowest BCUT2D eigenvalue weighted by Gasteiger charge is -2.14. The fraction of sp³-hybridized carbons (Fsp3) is 0. The van der Waals surface area contributed by atoms with Gasteiger partial charge in [-0.25, -0.2) is 15.0 Å². The van der Waals surface area contributed by atoms with Gasteiger partial charge in [-0.2, -0.15) is 0 Å². The Bertz CT molecular complexity index is 2090. The van der Waals surface area contributed by atoms with Crippen LogP contribution in [0.25, 0.3) is 67.1 Å². The third-order valence-electron chi connectivity index (χ3n) is 7.17. The lowest BCUT2D eigenvalue weighted by molar-refractivity contribution is 1.05. The number of aromatic nitrogens is 7. The molecular formula is C33H21N7. The zero-order chi connectivity index (χ0) is 26.5. The smallest absolute Gasteiger partial charge is 0.133 e. The third kappa shape index (κ3) is 3.41. The molecule has 0 aliphatic rings. The highest BCUT2D eigenvalue weighted by molar-refractivity contribution is 6.21. The van der Waals surface area contributed by atoms with E-state index in [0.29, 0.717) is 0 Å². The van der Waals surface area contributed by atoms with E-state index >= 15 is 0 Å².